The highest BCUT2D eigenvalue weighted by Crippen LogP contribution is 2.18. The Balaban J connectivity index is 1.67. The zero-order valence-electron chi connectivity index (χ0n) is 14.6. The van der Waals surface area contributed by atoms with E-state index in [1.165, 1.54) is 5.56 Å². The number of rotatable bonds is 7. The summed E-state index contributed by atoms with van der Waals surface area (Å²) in [4.78, 5) is 15.8. The zero-order valence-corrected chi connectivity index (χ0v) is 14.6. The maximum absolute atomic E-state index is 11.6. The fourth-order valence-corrected chi connectivity index (χ4v) is 2.45. The van der Waals surface area contributed by atoms with Crippen molar-refractivity contribution in [3.05, 3.63) is 17.0 Å². The third kappa shape index (κ3) is 5.26. The van der Waals surface area contributed by atoms with E-state index in [2.05, 4.69) is 33.0 Å². The minimum absolute atomic E-state index is 0.152. The number of hydrogen-bond donors (Lipinski definition) is 3. The molecule has 0 radical (unpaired) electrons. The number of hydrogen-bond acceptors (Lipinski definition) is 3. The summed E-state index contributed by atoms with van der Waals surface area (Å²) in [6, 6.07) is 0.441. The Morgan fingerprint density at radius 1 is 1.35 bits per heavy atom. The molecule has 1 aliphatic carbocycles. The molecule has 1 saturated carbocycles. The van der Waals surface area contributed by atoms with Gasteiger partial charge >= 0.3 is 0 Å². The molecule has 23 heavy (non-hydrogen) atoms. The molecule has 3 N–H and O–H groups in total. The van der Waals surface area contributed by atoms with Gasteiger partial charge in [0.05, 0.1) is 5.69 Å². The maximum Gasteiger partial charge on any atom is 0.220 e. The molecule has 0 saturated heterocycles. The van der Waals surface area contributed by atoms with E-state index in [1.54, 1.807) is 7.05 Å². The van der Waals surface area contributed by atoms with Crippen molar-refractivity contribution in [3.8, 4) is 0 Å². The number of nitrogens with zero attached hydrogens (tertiary/aromatic N) is 3. The SMILES string of the molecule is CN=C(NCCCC(=O)NC1CC1)NCc1c(C)nn(C)c1C. The lowest BCUT2D eigenvalue weighted by atomic mass is 10.2. The third-order valence-electron chi connectivity index (χ3n) is 4.13. The molecule has 7 heteroatoms. The first-order valence-corrected chi connectivity index (χ1v) is 8.24. The summed E-state index contributed by atoms with van der Waals surface area (Å²) in [6.45, 7) is 5.49. The highest BCUT2D eigenvalue weighted by molar-refractivity contribution is 5.80. The van der Waals surface area contributed by atoms with Gasteiger partial charge in [-0.3, -0.25) is 14.5 Å². The lowest BCUT2D eigenvalue weighted by Crippen LogP contribution is -2.38. The topological polar surface area (TPSA) is 83.3 Å². The Kier molecular flexibility index (Phi) is 6.01. The molecule has 0 bridgehead atoms. The van der Waals surface area contributed by atoms with Crippen molar-refractivity contribution in [3.63, 3.8) is 0 Å². The van der Waals surface area contributed by atoms with Crippen LogP contribution in [-0.4, -0.2) is 41.3 Å². The third-order valence-corrected chi connectivity index (χ3v) is 4.13. The van der Waals surface area contributed by atoms with E-state index in [0.29, 0.717) is 19.0 Å². The molecule has 128 valence electrons. The summed E-state index contributed by atoms with van der Waals surface area (Å²) in [6.07, 6.45) is 3.62. The highest BCUT2D eigenvalue weighted by Gasteiger charge is 2.22. The largest absolute Gasteiger partial charge is 0.356 e. The first kappa shape index (κ1) is 17.3. The van der Waals surface area contributed by atoms with Crippen LogP contribution in [0.4, 0.5) is 0 Å². The molecule has 1 aromatic rings. The molecule has 1 aromatic heterocycles. The Hall–Kier alpha value is -2.05. The van der Waals surface area contributed by atoms with Crippen molar-refractivity contribution in [1.29, 1.82) is 0 Å². The van der Waals surface area contributed by atoms with Crippen LogP contribution in [0.25, 0.3) is 0 Å². The van der Waals surface area contributed by atoms with Gasteiger partial charge in [0.25, 0.3) is 0 Å². The first-order chi connectivity index (χ1) is 11.0. The number of aryl methyl sites for hydroxylation is 2. The van der Waals surface area contributed by atoms with E-state index in [4.69, 9.17) is 0 Å². The van der Waals surface area contributed by atoms with Gasteiger partial charge in [-0.05, 0) is 33.1 Å². The Labute approximate surface area is 137 Å². The lowest BCUT2D eigenvalue weighted by molar-refractivity contribution is -0.121. The summed E-state index contributed by atoms with van der Waals surface area (Å²) < 4.78 is 1.89. The van der Waals surface area contributed by atoms with Crippen LogP contribution < -0.4 is 16.0 Å². The summed E-state index contributed by atoms with van der Waals surface area (Å²) in [5.41, 5.74) is 3.38. The Bertz CT molecular complexity index is 573. The predicted octanol–water partition coefficient (Wildman–Crippen LogP) is 0.761. The summed E-state index contributed by atoms with van der Waals surface area (Å²) >= 11 is 0. The van der Waals surface area contributed by atoms with E-state index < -0.39 is 0 Å². The average Bonchev–Trinajstić information content (AvgIpc) is 3.28. The van der Waals surface area contributed by atoms with Crippen molar-refractivity contribution in [1.82, 2.24) is 25.7 Å². The maximum atomic E-state index is 11.6. The number of carbonyl (C=O) groups excluding carboxylic acids is 1. The number of amides is 1. The van der Waals surface area contributed by atoms with Crippen LogP contribution in [0, 0.1) is 13.8 Å². The van der Waals surface area contributed by atoms with Crippen LogP contribution in [0.1, 0.15) is 42.6 Å². The van der Waals surface area contributed by atoms with Crippen LogP contribution in [0.5, 0.6) is 0 Å². The molecule has 1 fully saturated rings. The van der Waals surface area contributed by atoms with E-state index in [1.807, 2.05) is 18.7 Å². The molecule has 1 heterocycles. The smallest absolute Gasteiger partial charge is 0.220 e. The van der Waals surface area contributed by atoms with Gasteiger partial charge in [-0.25, -0.2) is 0 Å². The normalized spacial score (nSPS) is 14.7. The van der Waals surface area contributed by atoms with E-state index >= 15 is 0 Å². The van der Waals surface area contributed by atoms with Crippen LogP contribution in [0.3, 0.4) is 0 Å². The number of aromatic nitrogens is 2. The van der Waals surface area contributed by atoms with Gasteiger partial charge in [0, 0.05) is 50.9 Å². The average molecular weight is 320 g/mol. The van der Waals surface area contributed by atoms with Crippen molar-refractivity contribution < 1.29 is 4.79 Å². The van der Waals surface area contributed by atoms with Crippen molar-refractivity contribution in [2.24, 2.45) is 12.0 Å². The molecule has 2 rings (SSSR count). The summed E-state index contributed by atoms with van der Waals surface area (Å²) in [5.74, 6) is 0.897. The molecule has 0 aliphatic heterocycles. The number of guanidine groups is 1. The number of aliphatic imine (C=N–C) groups is 1. The molecular formula is C16H28N6O. The van der Waals surface area contributed by atoms with Gasteiger partial charge in [-0.15, -0.1) is 0 Å². The van der Waals surface area contributed by atoms with Crippen molar-refractivity contribution in [2.75, 3.05) is 13.6 Å². The van der Waals surface area contributed by atoms with Gasteiger partial charge in [-0.1, -0.05) is 0 Å². The zero-order chi connectivity index (χ0) is 16.8. The van der Waals surface area contributed by atoms with E-state index in [0.717, 1.165) is 43.2 Å². The Morgan fingerprint density at radius 3 is 2.65 bits per heavy atom. The van der Waals surface area contributed by atoms with Crippen LogP contribution >= 0.6 is 0 Å². The molecule has 0 unspecified atom stereocenters. The molecule has 0 aromatic carbocycles. The number of nitrogens with one attached hydrogen (secondary N) is 3. The first-order valence-electron chi connectivity index (χ1n) is 8.24. The van der Waals surface area contributed by atoms with Gasteiger partial charge in [0.1, 0.15) is 0 Å². The number of carbonyl (C=O) groups is 1. The van der Waals surface area contributed by atoms with Gasteiger partial charge in [0.2, 0.25) is 5.91 Å². The van der Waals surface area contributed by atoms with Crippen LogP contribution in [0.15, 0.2) is 4.99 Å². The predicted molar refractivity (Wildman–Crippen MR) is 91.3 cm³/mol. The lowest BCUT2D eigenvalue weighted by Gasteiger charge is -2.12. The monoisotopic (exact) mass is 320 g/mol. The second kappa shape index (κ2) is 7.99. The summed E-state index contributed by atoms with van der Waals surface area (Å²) in [7, 11) is 3.70. The van der Waals surface area contributed by atoms with Gasteiger partial charge in [-0.2, -0.15) is 5.10 Å². The molecule has 1 aliphatic rings. The van der Waals surface area contributed by atoms with Crippen LogP contribution in [0.2, 0.25) is 0 Å². The standard InChI is InChI=1S/C16H28N6O/c1-11-14(12(2)22(4)21-11)10-19-16(17-3)18-9-5-6-15(23)20-13-7-8-13/h13H,5-10H2,1-4H3,(H,20,23)(H2,17,18,19). The van der Waals surface area contributed by atoms with E-state index in [-0.39, 0.29) is 5.91 Å². The van der Waals surface area contributed by atoms with Crippen LogP contribution in [-0.2, 0) is 18.4 Å². The quantitative estimate of drug-likeness (QED) is 0.393. The van der Waals surface area contributed by atoms with Gasteiger partial charge in [0.15, 0.2) is 5.96 Å². The molecule has 0 spiro atoms. The van der Waals surface area contributed by atoms with Crippen molar-refractivity contribution >= 4 is 11.9 Å². The fourth-order valence-electron chi connectivity index (χ4n) is 2.45. The minimum atomic E-state index is 0.152. The summed E-state index contributed by atoms with van der Waals surface area (Å²) in [5, 5.41) is 13.9. The second-order valence-corrected chi connectivity index (χ2v) is 6.07. The van der Waals surface area contributed by atoms with E-state index in [9.17, 15) is 4.79 Å². The van der Waals surface area contributed by atoms with Gasteiger partial charge < -0.3 is 16.0 Å². The van der Waals surface area contributed by atoms with Crippen molar-refractivity contribution in [2.45, 2.75) is 52.1 Å². The minimum Gasteiger partial charge on any atom is -0.356 e. The molecular weight excluding hydrogens is 292 g/mol. The second-order valence-electron chi connectivity index (χ2n) is 6.07. The molecule has 0 atom stereocenters. The highest BCUT2D eigenvalue weighted by atomic mass is 16.1. The molecule has 1 amide bonds. The Morgan fingerprint density at radius 2 is 2.09 bits per heavy atom. The molecule has 7 nitrogen and oxygen atoms in total. The fraction of sp³-hybridized carbons (Fsp3) is 0.688.